The van der Waals surface area contributed by atoms with Gasteiger partial charge in [-0.1, -0.05) is 48.5 Å². The highest BCUT2D eigenvalue weighted by Gasteiger charge is 2.30. The third-order valence-corrected chi connectivity index (χ3v) is 4.51. The summed E-state index contributed by atoms with van der Waals surface area (Å²) < 4.78 is 40.6. The summed E-state index contributed by atoms with van der Waals surface area (Å²) >= 11 is 0. The molecular formula is C24H15F3N2O2. The molecule has 0 fully saturated rings. The van der Waals surface area contributed by atoms with Gasteiger partial charge in [0.2, 0.25) is 0 Å². The molecule has 31 heavy (non-hydrogen) atoms. The van der Waals surface area contributed by atoms with E-state index in [1.807, 2.05) is 18.2 Å². The number of fused-ring (bicyclic) bond motifs is 1. The molecule has 4 nitrogen and oxygen atoms in total. The second-order valence-electron chi connectivity index (χ2n) is 6.65. The Morgan fingerprint density at radius 1 is 0.806 bits per heavy atom. The van der Waals surface area contributed by atoms with Crippen molar-refractivity contribution in [2.45, 2.75) is 6.36 Å². The van der Waals surface area contributed by atoms with Crippen LogP contribution < -0.4 is 4.74 Å². The van der Waals surface area contributed by atoms with Crippen LogP contribution >= 0.6 is 0 Å². The second-order valence-corrected chi connectivity index (χ2v) is 6.65. The van der Waals surface area contributed by atoms with Crippen molar-refractivity contribution in [3.05, 3.63) is 96.3 Å². The van der Waals surface area contributed by atoms with Crippen molar-refractivity contribution in [3.8, 4) is 16.9 Å². The van der Waals surface area contributed by atoms with E-state index < -0.39 is 6.36 Å². The molecule has 4 rings (SSSR count). The fourth-order valence-electron chi connectivity index (χ4n) is 3.03. The van der Waals surface area contributed by atoms with Gasteiger partial charge in [0.25, 0.3) is 0 Å². The van der Waals surface area contributed by atoms with Crippen molar-refractivity contribution in [3.63, 3.8) is 0 Å². The lowest BCUT2D eigenvalue weighted by Gasteiger charge is -2.09. The Morgan fingerprint density at radius 2 is 1.42 bits per heavy atom. The quantitative estimate of drug-likeness (QED) is 0.290. The van der Waals surface area contributed by atoms with Gasteiger partial charge in [0, 0.05) is 18.0 Å². The monoisotopic (exact) mass is 420 g/mol. The van der Waals surface area contributed by atoms with Gasteiger partial charge >= 0.3 is 6.36 Å². The number of nitrogens with zero attached hydrogens (tertiary/aromatic N) is 2. The number of carbonyl (C=O) groups is 1. The number of carbonyl (C=O) groups excluding carboxylic acids is 1. The van der Waals surface area contributed by atoms with Crippen LogP contribution in [-0.2, 0) is 0 Å². The number of halogens is 3. The zero-order valence-electron chi connectivity index (χ0n) is 16.0. The van der Waals surface area contributed by atoms with Crippen LogP contribution in [0.4, 0.5) is 13.2 Å². The van der Waals surface area contributed by atoms with Crippen LogP contribution in [-0.4, -0.2) is 22.1 Å². The minimum atomic E-state index is -4.72. The first-order chi connectivity index (χ1) is 14.9. The fraction of sp³-hybridized carbons (Fsp3) is 0.0417. The van der Waals surface area contributed by atoms with E-state index >= 15 is 0 Å². The molecule has 3 aromatic carbocycles. The van der Waals surface area contributed by atoms with E-state index in [-0.39, 0.29) is 11.5 Å². The van der Waals surface area contributed by atoms with Crippen molar-refractivity contribution in [1.82, 2.24) is 9.97 Å². The number of aromatic nitrogens is 2. The van der Waals surface area contributed by atoms with E-state index in [9.17, 15) is 18.0 Å². The summed E-state index contributed by atoms with van der Waals surface area (Å²) in [5, 5.41) is 0. The molecule has 0 saturated heterocycles. The van der Waals surface area contributed by atoms with Gasteiger partial charge in [-0.3, -0.25) is 14.8 Å². The minimum Gasteiger partial charge on any atom is -0.406 e. The van der Waals surface area contributed by atoms with E-state index in [4.69, 9.17) is 0 Å². The average Bonchev–Trinajstić information content (AvgIpc) is 2.77. The molecule has 0 atom stereocenters. The Morgan fingerprint density at radius 3 is 2.06 bits per heavy atom. The van der Waals surface area contributed by atoms with Crippen LogP contribution in [0.2, 0.25) is 0 Å². The van der Waals surface area contributed by atoms with Gasteiger partial charge < -0.3 is 4.74 Å². The van der Waals surface area contributed by atoms with E-state index in [0.717, 1.165) is 22.2 Å². The van der Waals surface area contributed by atoms with E-state index in [0.29, 0.717) is 11.1 Å². The van der Waals surface area contributed by atoms with Crippen LogP contribution in [0, 0.1) is 0 Å². The van der Waals surface area contributed by atoms with Crippen LogP contribution in [0.1, 0.15) is 15.9 Å². The van der Waals surface area contributed by atoms with Crippen molar-refractivity contribution >= 4 is 22.9 Å². The summed E-state index contributed by atoms with van der Waals surface area (Å²) in [6.45, 7) is 0. The second kappa shape index (κ2) is 8.39. The molecule has 0 unspecified atom stereocenters. The third kappa shape index (κ3) is 5.14. The number of ether oxygens (including phenoxy) is 1. The maximum Gasteiger partial charge on any atom is 0.573 e. The maximum atomic E-state index is 12.5. The number of rotatable bonds is 5. The molecule has 0 aliphatic carbocycles. The van der Waals surface area contributed by atoms with Gasteiger partial charge in [0.15, 0.2) is 5.78 Å². The Balaban J connectivity index is 1.45. The predicted octanol–water partition coefficient (Wildman–Crippen LogP) is 6.09. The first-order valence-corrected chi connectivity index (χ1v) is 9.27. The molecule has 0 bridgehead atoms. The lowest BCUT2D eigenvalue weighted by Crippen LogP contribution is -2.16. The lowest BCUT2D eigenvalue weighted by molar-refractivity contribution is -0.274. The van der Waals surface area contributed by atoms with Crippen molar-refractivity contribution in [2.24, 2.45) is 0 Å². The highest BCUT2D eigenvalue weighted by molar-refractivity contribution is 6.07. The van der Waals surface area contributed by atoms with E-state index in [1.165, 1.54) is 30.3 Å². The molecule has 0 spiro atoms. The normalized spacial score (nSPS) is 11.7. The van der Waals surface area contributed by atoms with E-state index in [1.54, 1.807) is 42.7 Å². The summed E-state index contributed by atoms with van der Waals surface area (Å²) in [6, 6.07) is 17.9. The highest BCUT2D eigenvalue weighted by Crippen LogP contribution is 2.26. The Kier molecular flexibility index (Phi) is 5.49. The molecule has 0 aliphatic rings. The zero-order valence-corrected chi connectivity index (χ0v) is 16.0. The number of hydrogen-bond donors (Lipinski definition) is 0. The van der Waals surface area contributed by atoms with Gasteiger partial charge in [-0.05, 0) is 47.0 Å². The van der Waals surface area contributed by atoms with Gasteiger partial charge in [-0.15, -0.1) is 13.2 Å². The summed E-state index contributed by atoms with van der Waals surface area (Å²) in [5.41, 5.74) is 4.33. The van der Waals surface area contributed by atoms with Crippen LogP contribution in [0.5, 0.6) is 5.75 Å². The molecule has 0 aliphatic heterocycles. The molecule has 0 amide bonds. The van der Waals surface area contributed by atoms with Crippen LogP contribution in [0.15, 0.2) is 85.2 Å². The zero-order chi connectivity index (χ0) is 21.8. The molecule has 1 heterocycles. The summed E-state index contributed by atoms with van der Waals surface area (Å²) in [7, 11) is 0. The molecule has 4 aromatic rings. The van der Waals surface area contributed by atoms with Gasteiger partial charge in [0.1, 0.15) is 5.75 Å². The third-order valence-electron chi connectivity index (χ3n) is 4.51. The van der Waals surface area contributed by atoms with Crippen molar-refractivity contribution in [1.29, 1.82) is 0 Å². The summed E-state index contributed by atoms with van der Waals surface area (Å²) in [6.07, 6.45) is 1.70. The van der Waals surface area contributed by atoms with Crippen molar-refractivity contribution in [2.75, 3.05) is 0 Å². The molecule has 7 heteroatoms. The van der Waals surface area contributed by atoms with Crippen LogP contribution in [0.25, 0.3) is 28.2 Å². The SMILES string of the molecule is O=C(/C=C/c1ccc2nccnc2c1)c1ccc(-c2ccc(OC(F)(F)F)cc2)cc1. The maximum absolute atomic E-state index is 12.5. The lowest BCUT2D eigenvalue weighted by atomic mass is 10.0. The predicted molar refractivity (Wildman–Crippen MR) is 111 cm³/mol. The number of alkyl halides is 3. The molecule has 154 valence electrons. The standard InChI is InChI=1S/C24H15F3N2O2/c25-24(26,27)31-20-9-7-18(8-10-20)17-3-5-19(6-4-17)23(30)12-2-16-1-11-21-22(15-16)29-14-13-28-21/h1-15H/b12-2+. The highest BCUT2D eigenvalue weighted by atomic mass is 19.4. The van der Waals surface area contributed by atoms with Crippen molar-refractivity contribution < 1.29 is 22.7 Å². The van der Waals surface area contributed by atoms with Gasteiger partial charge in [-0.25, -0.2) is 0 Å². The first kappa shape index (κ1) is 20.3. The average molecular weight is 420 g/mol. The minimum absolute atomic E-state index is 0.167. The molecule has 0 saturated carbocycles. The summed E-state index contributed by atoms with van der Waals surface area (Å²) in [5.74, 6) is -0.451. The molecular weight excluding hydrogens is 405 g/mol. The number of hydrogen-bond acceptors (Lipinski definition) is 4. The number of ketones is 1. The molecule has 1 aromatic heterocycles. The number of allylic oxidation sites excluding steroid dienone is 1. The van der Waals surface area contributed by atoms with Crippen LogP contribution in [0.3, 0.4) is 0 Å². The topological polar surface area (TPSA) is 52.1 Å². The smallest absolute Gasteiger partial charge is 0.406 e. The molecule has 0 radical (unpaired) electrons. The Hall–Kier alpha value is -4.00. The largest absolute Gasteiger partial charge is 0.573 e. The Bertz CT molecular complexity index is 1250. The van der Waals surface area contributed by atoms with Gasteiger partial charge in [0.05, 0.1) is 11.0 Å². The molecule has 0 N–H and O–H groups in total. The number of benzene rings is 3. The fourth-order valence-corrected chi connectivity index (χ4v) is 3.03. The Labute approximate surface area is 175 Å². The first-order valence-electron chi connectivity index (χ1n) is 9.27. The van der Waals surface area contributed by atoms with E-state index in [2.05, 4.69) is 14.7 Å². The van der Waals surface area contributed by atoms with Gasteiger partial charge in [-0.2, -0.15) is 0 Å². The summed E-state index contributed by atoms with van der Waals surface area (Å²) in [4.78, 5) is 20.9.